The van der Waals surface area contributed by atoms with Gasteiger partial charge in [0.25, 0.3) is 0 Å². The first kappa shape index (κ1) is 22.9. The number of rotatable bonds is 7. The summed E-state index contributed by atoms with van der Waals surface area (Å²) in [6.45, 7) is 2.26. The fourth-order valence-corrected chi connectivity index (χ4v) is 4.50. The Labute approximate surface area is 195 Å². The summed E-state index contributed by atoms with van der Waals surface area (Å²) in [5, 5.41) is 13.2. The molecular weight excluding hydrogens is 440 g/mol. The molecule has 33 heavy (non-hydrogen) atoms. The van der Waals surface area contributed by atoms with Gasteiger partial charge >= 0.3 is 5.97 Å². The number of nitrogens with zero attached hydrogens (tertiary/aromatic N) is 3. The first-order chi connectivity index (χ1) is 15.9. The molecule has 0 bridgehead atoms. The highest BCUT2D eigenvalue weighted by atomic mass is 32.2. The van der Waals surface area contributed by atoms with Crippen LogP contribution in [0, 0.1) is 0 Å². The maximum Gasteiger partial charge on any atom is 0.342 e. The van der Waals surface area contributed by atoms with Gasteiger partial charge in [-0.1, -0.05) is 24.3 Å². The van der Waals surface area contributed by atoms with Crippen molar-refractivity contribution in [3.05, 3.63) is 66.1 Å². The first-order valence-electron chi connectivity index (χ1n) is 10.5. The number of pyridine rings is 1. The van der Waals surface area contributed by atoms with Gasteiger partial charge in [-0.2, -0.15) is 0 Å². The van der Waals surface area contributed by atoms with Gasteiger partial charge in [0.15, 0.2) is 11.4 Å². The van der Waals surface area contributed by atoms with E-state index in [-0.39, 0.29) is 29.8 Å². The number of carbonyl (C=O) groups excluding carboxylic acids is 1. The standard InChI is InChI=1S/C24H24N4O4S/c1-15-8-10-24(14-28-15,32-22-19(23(30)31)18(33-2)9-13-27-22)20(29)16-6-3-4-7-17(16)21-25-11-5-12-26-21/h3-7,9,11-13,15,28H,8,10,14H2,1-2H3,(H,30,31)/t15-,24-/m1/s1. The van der Waals surface area contributed by atoms with E-state index in [0.29, 0.717) is 34.7 Å². The Balaban J connectivity index is 1.81. The first-order valence-corrected chi connectivity index (χ1v) is 11.8. The molecular formula is C24H24N4O4S. The maximum atomic E-state index is 14.1. The second kappa shape index (κ2) is 9.68. The molecule has 2 aromatic heterocycles. The third kappa shape index (κ3) is 4.60. The number of thioether (sulfide) groups is 1. The number of Topliss-reactive ketones (excluding diaryl/α,β-unsaturated/α-hetero) is 1. The highest BCUT2D eigenvalue weighted by Crippen LogP contribution is 2.35. The molecule has 0 spiro atoms. The van der Waals surface area contributed by atoms with Crippen LogP contribution >= 0.6 is 11.8 Å². The number of ether oxygens (including phenoxy) is 1. The van der Waals surface area contributed by atoms with E-state index in [1.165, 1.54) is 18.0 Å². The lowest BCUT2D eigenvalue weighted by atomic mass is 9.82. The van der Waals surface area contributed by atoms with Crippen LogP contribution in [0.5, 0.6) is 5.88 Å². The number of carboxylic acid groups (broad SMARTS) is 1. The van der Waals surface area contributed by atoms with Crippen LogP contribution in [0.1, 0.15) is 40.5 Å². The molecule has 170 valence electrons. The molecule has 0 aliphatic carbocycles. The zero-order valence-corrected chi connectivity index (χ0v) is 19.1. The average Bonchev–Trinajstić information content (AvgIpc) is 2.85. The fourth-order valence-electron chi connectivity index (χ4n) is 3.92. The highest BCUT2D eigenvalue weighted by molar-refractivity contribution is 7.98. The van der Waals surface area contributed by atoms with E-state index in [9.17, 15) is 14.7 Å². The van der Waals surface area contributed by atoms with Gasteiger partial charge in [-0.15, -0.1) is 11.8 Å². The number of hydrogen-bond donors (Lipinski definition) is 2. The predicted octanol–water partition coefficient (Wildman–Crippen LogP) is 3.73. The van der Waals surface area contributed by atoms with Crippen molar-refractivity contribution in [1.29, 1.82) is 0 Å². The van der Waals surface area contributed by atoms with E-state index < -0.39 is 11.6 Å². The minimum absolute atomic E-state index is 0.0459. The Kier molecular flexibility index (Phi) is 6.71. The molecule has 8 nitrogen and oxygen atoms in total. The fraction of sp³-hybridized carbons (Fsp3) is 0.292. The lowest BCUT2D eigenvalue weighted by Crippen LogP contribution is -2.58. The Bertz CT molecular complexity index is 1160. The quantitative estimate of drug-likeness (QED) is 0.399. The zero-order chi connectivity index (χ0) is 23.4. The smallest absolute Gasteiger partial charge is 0.342 e. The normalized spacial score (nSPS) is 20.2. The molecule has 0 saturated carbocycles. The molecule has 1 fully saturated rings. The summed E-state index contributed by atoms with van der Waals surface area (Å²) < 4.78 is 6.28. The number of carboxylic acids is 1. The largest absolute Gasteiger partial charge is 0.477 e. The SMILES string of the molecule is CSc1ccnc(O[C@]2(C(=O)c3ccccc3-c3ncccn3)CC[C@@H](C)NC2)c1C(=O)O. The summed E-state index contributed by atoms with van der Waals surface area (Å²) in [5.41, 5.74) is -0.367. The van der Waals surface area contributed by atoms with Crippen molar-refractivity contribution in [2.45, 2.75) is 36.3 Å². The van der Waals surface area contributed by atoms with E-state index >= 15 is 0 Å². The van der Waals surface area contributed by atoms with E-state index in [4.69, 9.17) is 4.74 Å². The second-order valence-electron chi connectivity index (χ2n) is 7.86. The number of aromatic carboxylic acids is 1. The summed E-state index contributed by atoms with van der Waals surface area (Å²) in [6, 6.07) is 10.7. The Morgan fingerprint density at radius 2 is 1.88 bits per heavy atom. The maximum absolute atomic E-state index is 14.1. The van der Waals surface area contributed by atoms with E-state index in [1.807, 2.05) is 13.0 Å². The number of nitrogens with one attached hydrogen (secondary N) is 1. The van der Waals surface area contributed by atoms with Gasteiger partial charge in [0.1, 0.15) is 5.56 Å². The molecule has 3 heterocycles. The van der Waals surface area contributed by atoms with Gasteiger partial charge in [0.2, 0.25) is 11.7 Å². The predicted molar refractivity (Wildman–Crippen MR) is 125 cm³/mol. The molecule has 0 unspecified atom stereocenters. The third-order valence-electron chi connectivity index (χ3n) is 5.71. The monoisotopic (exact) mass is 464 g/mol. The van der Waals surface area contributed by atoms with Crippen molar-refractivity contribution in [3.8, 4) is 17.3 Å². The van der Waals surface area contributed by atoms with Crippen LogP contribution in [0.25, 0.3) is 11.4 Å². The van der Waals surface area contributed by atoms with Crippen LogP contribution in [-0.2, 0) is 0 Å². The average molecular weight is 465 g/mol. The summed E-state index contributed by atoms with van der Waals surface area (Å²) >= 11 is 1.29. The molecule has 9 heteroatoms. The lowest BCUT2D eigenvalue weighted by Gasteiger charge is -2.39. The molecule has 1 aromatic carbocycles. The summed E-state index contributed by atoms with van der Waals surface area (Å²) in [6.07, 6.45) is 7.62. The van der Waals surface area contributed by atoms with Crippen LogP contribution in [0.4, 0.5) is 0 Å². The molecule has 1 saturated heterocycles. The van der Waals surface area contributed by atoms with Crippen LogP contribution < -0.4 is 10.1 Å². The van der Waals surface area contributed by atoms with Gasteiger partial charge in [-0.3, -0.25) is 4.79 Å². The molecule has 0 amide bonds. The molecule has 3 aromatic rings. The zero-order valence-electron chi connectivity index (χ0n) is 18.3. The van der Waals surface area contributed by atoms with Gasteiger partial charge < -0.3 is 15.2 Å². The number of carbonyl (C=O) groups is 2. The van der Waals surface area contributed by atoms with E-state index in [0.717, 1.165) is 0 Å². The number of piperidine rings is 1. The lowest BCUT2D eigenvalue weighted by molar-refractivity contribution is 0.0250. The summed E-state index contributed by atoms with van der Waals surface area (Å²) in [5.74, 6) is -1.05. The molecule has 2 atom stereocenters. The van der Waals surface area contributed by atoms with Crippen molar-refractivity contribution in [1.82, 2.24) is 20.3 Å². The van der Waals surface area contributed by atoms with Crippen LogP contribution in [-0.4, -0.2) is 56.3 Å². The molecule has 1 aliphatic heterocycles. The van der Waals surface area contributed by atoms with Crippen molar-refractivity contribution in [3.63, 3.8) is 0 Å². The van der Waals surface area contributed by atoms with Crippen molar-refractivity contribution >= 4 is 23.5 Å². The topological polar surface area (TPSA) is 114 Å². The molecule has 2 N–H and O–H groups in total. The minimum Gasteiger partial charge on any atom is -0.477 e. The Morgan fingerprint density at radius 1 is 1.12 bits per heavy atom. The molecule has 1 aliphatic rings. The third-order valence-corrected chi connectivity index (χ3v) is 6.49. The van der Waals surface area contributed by atoms with Crippen LogP contribution in [0.15, 0.2) is 59.9 Å². The minimum atomic E-state index is -1.33. The van der Waals surface area contributed by atoms with Crippen molar-refractivity contribution in [2.24, 2.45) is 0 Å². The number of ketones is 1. The number of hydrogen-bond acceptors (Lipinski definition) is 8. The van der Waals surface area contributed by atoms with Gasteiger partial charge in [-0.05, 0) is 38.2 Å². The second-order valence-corrected chi connectivity index (χ2v) is 8.71. The Morgan fingerprint density at radius 3 is 2.55 bits per heavy atom. The van der Waals surface area contributed by atoms with Gasteiger partial charge in [0, 0.05) is 47.2 Å². The summed E-state index contributed by atoms with van der Waals surface area (Å²) in [7, 11) is 0. The number of benzene rings is 1. The van der Waals surface area contributed by atoms with Crippen LogP contribution in [0.3, 0.4) is 0 Å². The van der Waals surface area contributed by atoms with E-state index in [2.05, 4.69) is 20.3 Å². The summed E-state index contributed by atoms with van der Waals surface area (Å²) in [4.78, 5) is 39.4. The molecule has 0 radical (unpaired) electrons. The van der Waals surface area contributed by atoms with Gasteiger partial charge in [0.05, 0.1) is 0 Å². The Hall–Kier alpha value is -3.30. The number of aromatic nitrogens is 3. The molecule has 4 rings (SSSR count). The van der Waals surface area contributed by atoms with Crippen LogP contribution in [0.2, 0.25) is 0 Å². The van der Waals surface area contributed by atoms with Crippen molar-refractivity contribution in [2.75, 3.05) is 12.8 Å². The van der Waals surface area contributed by atoms with Gasteiger partial charge in [-0.25, -0.2) is 19.7 Å². The van der Waals surface area contributed by atoms with Crippen molar-refractivity contribution < 1.29 is 19.4 Å². The van der Waals surface area contributed by atoms with E-state index in [1.54, 1.807) is 49.0 Å². The highest BCUT2D eigenvalue weighted by Gasteiger charge is 2.46.